The zero-order chi connectivity index (χ0) is 11.5. The first-order chi connectivity index (χ1) is 6.87. The van der Waals surface area contributed by atoms with Crippen molar-refractivity contribution in [2.45, 2.75) is 51.5 Å². The Hall–Kier alpha value is -0.0900. The molecule has 2 unspecified atom stereocenters. The maximum atomic E-state index is 11.3. The average molecular weight is 233 g/mol. The van der Waals surface area contributed by atoms with E-state index >= 15 is 0 Å². The minimum Gasteiger partial charge on any atom is -0.325 e. The van der Waals surface area contributed by atoms with Crippen molar-refractivity contribution in [2.24, 2.45) is 11.7 Å². The van der Waals surface area contributed by atoms with E-state index < -0.39 is 9.84 Å². The topological polar surface area (TPSA) is 60.2 Å². The first kappa shape index (κ1) is 13.0. The Kier molecular flexibility index (Phi) is 4.18. The van der Waals surface area contributed by atoms with Gasteiger partial charge in [-0.1, -0.05) is 13.8 Å². The van der Waals surface area contributed by atoms with Crippen molar-refractivity contribution in [2.75, 3.05) is 11.5 Å². The number of rotatable bonds is 5. The van der Waals surface area contributed by atoms with Gasteiger partial charge in [0.25, 0.3) is 0 Å². The van der Waals surface area contributed by atoms with Gasteiger partial charge < -0.3 is 5.73 Å². The maximum Gasteiger partial charge on any atom is 0.150 e. The van der Waals surface area contributed by atoms with E-state index in [0.29, 0.717) is 11.7 Å². The number of hydrogen-bond acceptors (Lipinski definition) is 3. The van der Waals surface area contributed by atoms with Crippen LogP contribution >= 0.6 is 0 Å². The normalized spacial score (nSPS) is 32.1. The molecule has 0 aliphatic heterocycles. The van der Waals surface area contributed by atoms with E-state index in [1.165, 1.54) is 6.42 Å². The molecule has 0 saturated heterocycles. The summed E-state index contributed by atoms with van der Waals surface area (Å²) in [5.41, 5.74) is 6.14. The van der Waals surface area contributed by atoms with Gasteiger partial charge in [-0.25, -0.2) is 8.42 Å². The van der Waals surface area contributed by atoms with E-state index in [1.54, 1.807) is 6.92 Å². The predicted octanol–water partition coefficient (Wildman–Crippen LogP) is 1.72. The summed E-state index contributed by atoms with van der Waals surface area (Å²) in [5, 5.41) is 0. The highest BCUT2D eigenvalue weighted by Crippen LogP contribution is 2.35. The third-order valence-corrected chi connectivity index (χ3v) is 5.25. The Morgan fingerprint density at radius 1 is 1.47 bits per heavy atom. The van der Waals surface area contributed by atoms with Crippen molar-refractivity contribution in [3.05, 3.63) is 0 Å². The molecule has 1 aliphatic carbocycles. The third-order valence-electron chi connectivity index (χ3n) is 3.46. The average Bonchev–Trinajstić information content (AvgIpc) is 2.46. The van der Waals surface area contributed by atoms with Crippen LogP contribution in [0.4, 0.5) is 0 Å². The van der Waals surface area contributed by atoms with Crippen LogP contribution in [-0.4, -0.2) is 25.5 Å². The summed E-state index contributed by atoms with van der Waals surface area (Å²) in [6, 6.07) is 0. The molecule has 1 fully saturated rings. The molecule has 15 heavy (non-hydrogen) atoms. The maximum absolute atomic E-state index is 11.3. The van der Waals surface area contributed by atoms with Gasteiger partial charge in [0, 0.05) is 11.3 Å². The molecule has 4 heteroatoms. The molecule has 90 valence electrons. The highest BCUT2D eigenvalue weighted by molar-refractivity contribution is 7.91. The van der Waals surface area contributed by atoms with Gasteiger partial charge in [-0.3, -0.25) is 0 Å². The van der Waals surface area contributed by atoms with Gasteiger partial charge in [-0.05, 0) is 38.0 Å². The monoisotopic (exact) mass is 233 g/mol. The summed E-state index contributed by atoms with van der Waals surface area (Å²) in [6.07, 6.45) is 4.88. The molecule has 1 aliphatic rings. The summed E-state index contributed by atoms with van der Waals surface area (Å²) >= 11 is 0. The molecule has 0 bridgehead atoms. The van der Waals surface area contributed by atoms with Crippen LogP contribution in [0, 0.1) is 5.92 Å². The summed E-state index contributed by atoms with van der Waals surface area (Å²) in [4.78, 5) is 0. The van der Waals surface area contributed by atoms with E-state index in [-0.39, 0.29) is 11.3 Å². The van der Waals surface area contributed by atoms with Crippen LogP contribution in [0.1, 0.15) is 46.0 Å². The van der Waals surface area contributed by atoms with Gasteiger partial charge in [0.2, 0.25) is 0 Å². The first-order valence-corrected chi connectivity index (χ1v) is 7.68. The van der Waals surface area contributed by atoms with Gasteiger partial charge in [0.1, 0.15) is 9.84 Å². The van der Waals surface area contributed by atoms with E-state index in [9.17, 15) is 8.42 Å². The van der Waals surface area contributed by atoms with Crippen LogP contribution in [-0.2, 0) is 9.84 Å². The zero-order valence-electron chi connectivity index (χ0n) is 9.83. The molecule has 0 aromatic heterocycles. The molecule has 3 nitrogen and oxygen atoms in total. The predicted molar refractivity (Wildman–Crippen MR) is 63.5 cm³/mol. The minimum atomic E-state index is -2.81. The quantitative estimate of drug-likeness (QED) is 0.786. The zero-order valence-corrected chi connectivity index (χ0v) is 10.6. The molecule has 2 atom stereocenters. The van der Waals surface area contributed by atoms with Crippen molar-refractivity contribution in [1.29, 1.82) is 0 Å². The van der Waals surface area contributed by atoms with Gasteiger partial charge in [0.15, 0.2) is 0 Å². The molecule has 1 saturated carbocycles. The van der Waals surface area contributed by atoms with Crippen molar-refractivity contribution in [3.63, 3.8) is 0 Å². The second-order valence-electron chi connectivity index (χ2n) is 5.05. The third kappa shape index (κ3) is 4.11. The SMILES string of the molecule is CCS(=O)(=O)CCCC1(N)CCC(C)C1. The fraction of sp³-hybridized carbons (Fsp3) is 1.00. The minimum absolute atomic E-state index is 0.0807. The fourth-order valence-corrected chi connectivity index (χ4v) is 3.32. The summed E-state index contributed by atoms with van der Waals surface area (Å²) < 4.78 is 22.6. The van der Waals surface area contributed by atoms with Crippen molar-refractivity contribution in [3.8, 4) is 0 Å². The first-order valence-electron chi connectivity index (χ1n) is 5.86. The molecule has 0 aromatic rings. The van der Waals surface area contributed by atoms with Crippen LogP contribution < -0.4 is 5.73 Å². The molecule has 1 rings (SSSR count). The number of nitrogens with two attached hydrogens (primary N) is 1. The number of sulfone groups is 1. The van der Waals surface area contributed by atoms with Gasteiger partial charge in [-0.2, -0.15) is 0 Å². The number of hydrogen-bond donors (Lipinski definition) is 1. The van der Waals surface area contributed by atoms with E-state index in [1.807, 2.05) is 0 Å². The van der Waals surface area contributed by atoms with E-state index in [0.717, 1.165) is 25.7 Å². The Balaban J connectivity index is 2.32. The molecule has 2 N–H and O–H groups in total. The highest BCUT2D eigenvalue weighted by Gasteiger charge is 2.33. The molecule has 0 spiro atoms. The van der Waals surface area contributed by atoms with Crippen molar-refractivity contribution in [1.82, 2.24) is 0 Å². The highest BCUT2D eigenvalue weighted by atomic mass is 32.2. The summed E-state index contributed by atoms with van der Waals surface area (Å²) in [7, 11) is -2.81. The largest absolute Gasteiger partial charge is 0.325 e. The molecule has 0 heterocycles. The lowest BCUT2D eigenvalue weighted by atomic mass is 9.92. The van der Waals surface area contributed by atoms with E-state index in [4.69, 9.17) is 5.73 Å². The van der Waals surface area contributed by atoms with Crippen LogP contribution in [0.5, 0.6) is 0 Å². The standard InChI is InChI=1S/C11H23NO2S/c1-3-15(13,14)8-4-6-11(12)7-5-10(2)9-11/h10H,3-9,12H2,1-2H3. The lowest BCUT2D eigenvalue weighted by Gasteiger charge is -2.23. The van der Waals surface area contributed by atoms with Crippen LogP contribution in [0.3, 0.4) is 0 Å². The Bertz CT molecular complexity index is 300. The summed E-state index contributed by atoms with van der Waals surface area (Å²) in [6.45, 7) is 3.92. The molecule has 0 amide bonds. The molecule has 0 aromatic carbocycles. The van der Waals surface area contributed by atoms with Crippen LogP contribution in [0.2, 0.25) is 0 Å². The van der Waals surface area contributed by atoms with Gasteiger partial charge >= 0.3 is 0 Å². The Morgan fingerprint density at radius 2 is 2.13 bits per heavy atom. The van der Waals surface area contributed by atoms with E-state index in [2.05, 4.69) is 6.92 Å². The molecular weight excluding hydrogens is 210 g/mol. The van der Waals surface area contributed by atoms with Gasteiger partial charge in [0.05, 0.1) is 5.75 Å². The Labute approximate surface area is 93.3 Å². The Morgan fingerprint density at radius 3 is 2.60 bits per heavy atom. The fourth-order valence-electron chi connectivity index (χ4n) is 2.45. The van der Waals surface area contributed by atoms with Gasteiger partial charge in [-0.15, -0.1) is 0 Å². The summed E-state index contributed by atoms with van der Waals surface area (Å²) in [5.74, 6) is 1.26. The molecular formula is C11H23NO2S. The smallest absolute Gasteiger partial charge is 0.150 e. The van der Waals surface area contributed by atoms with Crippen LogP contribution in [0.25, 0.3) is 0 Å². The second kappa shape index (κ2) is 4.83. The van der Waals surface area contributed by atoms with Crippen LogP contribution in [0.15, 0.2) is 0 Å². The lowest BCUT2D eigenvalue weighted by molar-refractivity contribution is 0.387. The van der Waals surface area contributed by atoms with Crippen molar-refractivity contribution < 1.29 is 8.42 Å². The molecule has 0 radical (unpaired) electrons. The second-order valence-corrected chi connectivity index (χ2v) is 7.52. The van der Waals surface area contributed by atoms with Crippen molar-refractivity contribution >= 4 is 9.84 Å². The lowest BCUT2D eigenvalue weighted by Crippen LogP contribution is -2.37.